The Kier molecular flexibility index (Phi) is 10.9. The smallest absolute Gasteiger partial charge is 0.242 e. The number of hydrogen-bond donors (Lipinski definition) is 4. The van der Waals surface area contributed by atoms with E-state index in [1.807, 2.05) is 13.8 Å². The van der Waals surface area contributed by atoms with Crippen LogP contribution in [0.15, 0.2) is 0 Å². The van der Waals surface area contributed by atoms with E-state index in [0.29, 0.717) is 19.5 Å². The van der Waals surface area contributed by atoms with Gasteiger partial charge in [0.05, 0.1) is 6.04 Å². The molecule has 0 fully saturated rings. The first-order valence-electron chi connectivity index (χ1n) is 8.03. The van der Waals surface area contributed by atoms with E-state index in [9.17, 15) is 9.59 Å². The summed E-state index contributed by atoms with van der Waals surface area (Å²) in [4.78, 5) is 23.8. The van der Waals surface area contributed by atoms with Crippen LogP contribution in [0, 0.1) is 0 Å². The van der Waals surface area contributed by atoms with Crippen molar-refractivity contribution in [1.82, 2.24) is 16.0 Å². The Morgan fingerprint density at radius 3 is 2.33 bits per heavy atom. The largest absolute Gasteiger partial charge is 0.355 e. The molecule has 2 amide bonds. The second kappa shape index (κ2) is 11.5. The number of nitrogens with two attached hydrogens (primary N) is 1. The number of rotatable bonds is 11. The zero-order valence-electron chi connectivity index (χ0n) is 13.9. The van der Waals surface area contributed by atoms with Crippen molar-refractivity contribution >= 4 is 11.8 Å². The number of carbonyl (C=O) groups excluding carboxylic acids is 2. The fourth-order valence-corrected chi connectivity index (χ4v) is 1.94. The predicted molar refractivity (Wildman–Crippen MR) is 85.9 cm³/mol. The SMILES string of the molecule is CCCC[C@H](N)CN[C@@H](C)C(=O)N[C@@H](CC)C(=O)NCC. The molecule has 3 atom stereocenters. The Bertz CT molecular complexity index is 310. The van der Waals surface area contributed by atoms with Crippen LogP contribution < -0.4 is 21.7 Å². The summed E-state index contributed by atoms with van der Waals surface area (Å²) in [5.74, 6) is -0.309. The second-order valence-electron chi connectivity index (χ2n) is 5.40. The molecule has 0 aliphatic carbocycles. The van der Waals surface area contributed by atoms with Gasteiger partial charge in [0.2, 0.25) is 11.8 Å². The van der Waals surface area contributed by atoms with Crippen LogP contribution in [-0.2, 0) is 9.59 Å². The van der Waals surface area contributed by atoms with Gasteiger partial charge < -0.3 is 21.7 Å². The molecule has 6 nitrogen and oxygen atoms in total. The van der Waals surface area contributed by atoms with E-state index in [4.69, 9.17) is 5.73 Å². The standard InChI is InChI=1S/C15H32N4O2/c1-5-8-9-12(16)10-18-11(4)14(20)19-13(6-2)15(21)17-7-3/h11-13,18H,5-10,16H2,1-4H3,(H,17,21)(H,19,20)/t11-,12-,13-/m0/s1. The molecular formula is C15H32N4O2. The van der Waals surface area contributed by atoms with Gasteiger partial charge in [-0.05, 0) is 26.7 Å². The van der Waals surface area contributed by atoms with Crippen molar-refractivity contribution in [2.45, 2.75) is 71.5 Å². The summed E-state index contributed by atoms with van der Waals surface area (Å²) in [5, 5.41) is 8.61. The first-order valence-corrected chi connectivity index (χ1v) is 8.03. The summed E-state index contributed by atoms with van der Waals surface area (Å²) in [6.07, 6.45) is 3.74. The summed E-state index contributed by atoms with van der Waals surface area (Å²) in [6.45, 7) is 8.81. The zero-order valence-corrected chi connectivity index (χ0v) is 13.9. The summed E-state index contributed by atoms with van der Waals surface area (Å²) < 4.78 is 0. The average Bonchev–Trinajstić information content (AvgIpc) is 2.47. The minimum atomic E-state index is -0.476. The first-order chi connectivity index (χ1) is 9.96. The number of likely N-dealkylation sites (N-methyl/N-ethyl adjacent to an activating group) is 1. The maximum atomic E-state index is 12.1. The number of carbonyl (C=O) groups is 2. The molecule has 0 unspecified atom stereocenters. The van der Waals surface area contributed by atoms with Gasteiger partial charge in [0.1, 0.15) is 6.04 Å². The highest BCUT2D eigenvalue weighted by Gasteiger charge is 2.21. The Balaban J connectivity index is 4.15. The van der Waals surface area contributed by atoms with E-state index < -0.39 is 6.04 Å². The van der Waals surface area contributed by atoms with E-state index in [1.165, 1.54) is 0 Å². The van der Waals surface area contributed by atoms with Gasteiger partial charge in [0.25, 0.3) is 0 Å². The lowest BCUT2D eigenvalue weighted by molar-refractivity contribution is -0.129. The van der Waals surface area contributed by atoms with E-state index in [-0.39, 0.29) is 23.9 Å². The molecular weight excluding hydrogens is 268 g/mol. The Morgan fingerprint density at radius 2 is 1.81 bits per heavy atom. The van der Waals surface area contributed by atoms with Crippen molar-refractivity contribution < 1.29 is 9.59 Å². The molecule has 21 heavy (non-hydrogen) atoms. The van der Waals surface area contributed by atoms with Crippen LogP contribution in [0.3, 0.4) is 0 Å². The number of nitrogens with one attached hydrogen (secondary N) is 3. The minimum absolute atomic E-state index is 0.0607. The highest BCUT2D eigenvalue weighted by molar-refractivity contribution is 5.89. The quantitative estimate of drug-likeness (QED) is 0.447. The lowest BCUT2D eigenvalue weighted by Gasteiger charge is -2.21. The van der Waals surface area contributed by atoms with E-state index in [0.717, 1.165) is 19.3 Å². The Morgan fingerprint density at radius 1 is 1.14 bits per heavy atom. The van der Waals surface area contributed by atoms with Crippen LogP contribution in [-0.4, -0.2) is 43.0 Å². The normalized spacial score (nSPS) is 15.1. The first kappa shape index (κ1) is 19.9. The van der Waals surface area contributed by atoms with Crippen LogP contribution in [0.1, 0.15) is 53.4 Å². The third kappa shape index (κ3) is 8.67. The zero-order chi connectivity index (χ0) is 16.3. The van der Waals surface area contributed by atoms with Crippen molar-refractivity contribution in [3.8, 4) is 0 Å². The van der Waals surface area contributed by atoms with Gasteiger partial charge in [0.15, 0.2) is 0 Å². The van der Waals surface area contributed by atoms with Crippen molar-refractivity contribution in [2.75, 3.05) is 13.1 Å². The lowest BCUT2D eigenvalue weighted by Crippen LogP contribution is -2.52. The molecule has 5 N–H and O–H groups in total. The number of amides is 2. The fourth-order valence-electron chi connectivity index (χ4n) is 1.94. The minimum Gasteiger partial charge on any atom is -0.355 e. The summed E-state index contributed by atoms with van der Waals surface area (Å²) in [5.41, 5.74) is 5.97. The van der Waals surface area contributed by atoms with Crippen LogP contribution in [0.2, 0.25) is 0 Å². The molecule has 0 spiro atoms. The van der Waals surface area contributed by atoms with E-state index >= 15 is 0 Å². The number of hydrogen-bond acceptors (Lipinski definition) is 4. The highest BCUT2D eigenvalue weighted by Crippen LogP contribution is 1.98. The molecule has 124 valence electrons. The van der Waals surface area contributed by atoms with Crippen molar-refractivity contribution in [3.05, 3.63) is 0 Å². The molecule has 0 saturated carbocycles. The van der Waals surface area contributed by atoms with Crippen molar-refractivity contribution in [2.24, 2.45) is 5.73 Å². The van der Waals surface area contributed by atoms with Gasteiger partial charge in [-0.2, -0.15) is 0 Å². The van der Waals surface area contributed by atoms with Gasteiger partial charge in [0, 0.05) is 19.1 Å². The molecule has 0 rings (SSSR count). The second-order valence-corrected chi connectivity index (χ2v) is 5.40. The third-order valence-electron chi connectivity index (χ3n) is 3.40. The summed E-state index contributed by atoms with van der Waals surface area (Å²) in [7, 11) is 0. The molecule has 0 aromatic rings. The summed E-state index contributed by atoms with van der Waals surface area (Å²) in [6, 6.07) is -0.776. The van der Waals surface area contributed by atoms with Gasteiger partial charge >= 0.3 is 0 Å². The van der Waals surface area contributed by atoms with Crippen LogP contribution in [0.25, 0.3) is 0 Å². The molecule has 0 radical (unpaired) electrons. The fraction of sp³-hybridized carbons (Fsp3) is 0.867. The van der Waals surface area contributed by atoms with Gasteiger partial charge in [-0.3, -0.25) is 9.59 Å². The highest BCUT2D eigenvalue weighted by atomic mass is 16.2. The van der Waals surface area contributed by atoms with Crippen molar-refractivity contribution in [3.63, 3.8) is 0 Å². The monoisotopic (exact) mass is 300 g/mol. The Hall–Kier alpha value is -1.14. The predicted octanol–water partition coefficient (Wildman–Crippen LogP) is 0.513. The molecule has 0 aliphatic rings. The molecule has 0 heterocycles. The molecule has 0 aromatic heterocycles. The molecule has 0 aliphatic heterocycles. The van der Waals surface area contributed by atoms with E-state index in [1.54, 1.807) is 6.92 Å². The summed E-state index contributed by atoms with van der Waals surface area (Å²) >= 11 is 0. The van der Waals surface area contributed by atoms with Crippen LogP contribution in [0.4, 0.5) is 0 Å². The van der Waals surface area contributed by atoms with E-state index in [2.05, 4.69) is 22.9 Å². The third-order valence-corrected chi connectivity index (χ3v) is 3.40. The van der Waals surface area contributed by atoms with Crippen LogP contribution >= 0.6 is 0 Å². The van der Waals surface area contributed by atoms with Crippen LogP contribution in [0.5, 0.6) is 0 Å². The lowest BCUT2D eigenvalue weighted by atomic mass is 10.1. The molecule has 0 bridgehead atoms. The topological polar surface area (TPSA) is 96.2 Å². The van der Waals surface area contributed by atoms with Gasteiger partial charge in [-0.15, -0.1) is 0 Å². The number of unbranched alkanes of at least 4 members (excludes halogenated alkanes) is 1. The molecule has 6 heteroatoms. The maximum absolute atomic E-state index is 12.1. The molecule has 0 aromatic carbocycles. The van der Waals surface area contributed by atoms with Gasteiger partial charge in [-0.25, -0.2) is 0 Å². The average molecular weight is 300 g/mol. The Labute approximate surface area is 128 Å². The maximum Gasteiger partial charge on any atom is 0.242 e. The van der Waals surface area contributed by atoms with Gasteiger partial charge in [-0.1, -0.05) is 26.7 Å². The van der Waals surface area contributed by atoms with Crippen molar-refractivity contribution in [1.29, 1.82) is 0 Å². The molecule has 0 saturated heterocycles.